The van der Waals surface area contributed by atoms with Gasteiger partial charge in [-0.15, -0.1) is 10.2 Å². The Labute approximate surface area is 160 Å². The van der Waals surface area contributed by atoms with Gasteiger partial charge < -0.3 is 19.8 Å². The fourth-order valence-electron chi connectivity index (χ4n) is 2.65. The summed E-state index contributed by atoms with van der Waals surface area (Å²) in [5, 5.41) is 10.5. The zero-order chi connectivity index (χ0) is 19.6. The maximum Gasteiger partial charge on any atom is 0.318 e. The van der Waals surface area contributed by atoms with Crippen molar-refractivity contribution in [3.8, 4) is 11.5 Å². The van der Waals surface area contributed by atoms with Crippen LogP contribution in [0.3, 0.4) is 0 Å². The van der Waals surface area contributed by atoms with Crippen LogP contribution in [0, 0.1) is 5.92 Å². The molecule has 0 saturated heterocycles. The number of hydrogen-bond acceptors (Lipinski definition) is 7. The topological polar surface area (TPSA) is 121 Å². The first-order valence-electron chi connectivity index (χ1n) is 8.41. The number of urea groups is 1. The Bertz CT molecular complexity index is 854. The van der Waals surface area contributed by atoms with E-state index in [4.69, 9.17) is 15.2 Å². The first-order chi connectivity index (χ1) is 12.9. The number of carbonyl (C=O) groups excluding carboxylic acids is 2. The molecule has 3 amide bonds. The Morgan fingerprint density at radius 1 is 1.30 bits per heavy atom. The smallest absolute Gasteiger partial charge is 0.318 e. The monoisotopic (exact) mass is 391 g/mol. The van der Waals surface area contributed by atoms with Gasteiger partial charge in [-0.05, 0) is 18.1 Å². The van der Waals surface area contributed by atoms with Gasteiger partial charge in [0.25, 0.3) is 0 Å². The Kier molecular flexibility index (Phi) is 5.54. The minimum atomic E-state index is -0.878. The van der Waals surface area contributed by atoms with Gasteiger partial charge in [-0.1, -0.05) is 37.7 Å². The zero-order valence-corrected chi connectivity index (χ0v) is 16.0. The number of amides is 3. The van der Waals surface area contributed by atoms with E-state index in [9.17, 15) is 9.59 Å². The van der Waals surface area contributed by atoms with Crippen LogP contribution in [0.1, 0.15) is 25.8 Å². The van der Waals surface area contributed by atoms with Crippen LogP contribution in [-0.2, 0) is 11.8 Å². The molecule has 1 aliphatic heterocycles. The Balaban J connectivity index is 1.77. The number of imide groups is 1. The predicted molar refractivity (Wildman–Crippen MR) is 98.5 cm³/mol. The van der Waals surface area contributed by atoms with E-state index in [1.165, 1.54) is 11.8 Å². The summed E-state index contributed by atoms with van der Waals surface area (Å²) in [7, 11) is 1.80. The van der Waals surface area contributed by atoms with Crippen LogP contribution in [0.5, 0.6) is 11.5 Å². The van der Waals surface area contributed by atoms with Crippen LogP contribution in [0.4, 0.5) is 4.79 Å². The highest BCUT2D eigenvalue weighted by Crippen LogP contribution is 2.36. The molecule has 1 aromatic heterocycles. The quantitative estimate of drug-likeness (QED) is 0.743. The first-order valence-corrected chi connectivity index (χ1v) is 9.29. The van der Waals surface area contributed by atoms with Crippen LogP contribution >= 0.6 is 11.8 Å². The van der Waals surface area contributed by atoms with Gasteiger partial charge in [0.15, 0.2) is 28.6 Å². The van der Waals surface area contributed by atoms with Crippen molar-refractivity contribution in [2.24, 2.45) is 18.7 Å². The number of aromatic nitrogens is 3. The highest BCUT2D eigenvalue weighted by atomic mass is 32.2. The third kappa shape index (κ3) is 4.16. The molecule has 2 heterocycles. The molecule has 0 aliphatic carbocycles. The highest BCUT2D eigenvalue weighted by Gasteiger charge is 2.30. The van der Waals surface area contributed by atoms with Crippen LogP contribution in [0.25, 0.3) is 0 Å². The Hall–Kier alpha value is -2.75. The lowest BCUT2D eigenvalue weighted by Crippen LogP contribution is -2.42. The molecule has 0 radical (unpaired) electrons. The van der Waals surface area contributed by atoms with Gasteiger partial charge in [-0.25, -0.2) is 4.79 Å². The number of thioether (sulfide) groups is 1. The molecule has 3 rings (SSSR count). The van der Waals surface area contributed by atoms with Crippen LogP contribution < -0.4 is 20.5 Å². The van der Waals surface area contributed by atoms with Crippen molar-refractivity contribution in [2.75, 3.05) is 6.61 Å². The molecule has 0 saturated carbocycles. The van der Waals surface area contributed by atoms with Crippen molar-refractivity contribution in [2.45, 2.75) is 30.4 Å². The number of carbonyl (C=O) groups is 2. The highest BCUT2D eigenvalue weighted by molar-refractivity contribution is 8.00. The number of hydrogen-bond donors (Lipinski definition) is 2. The van der Waals surface area contributed by atoms with Gasteiger partial charge in [0.05, 0.1) is 5.25 Å². The molecular formula is C17H21N5O4S. The molecule has 2 aromatic rings. The molecule has 0 bridgehead atoms. The maximum absolute atomic E-state index is 12.2. The van der Waals surface area contributed by atoms with E-state index < -0.39 is 23.3 Å². The summed E-state index contributed by atoms with van der Waals surface area (Å²) >= 11 is 1.22. The number of nitrogens with two attached hydrogens (primary N) is 1. The summed E-state index contributed by atoms with van der Waals surface area (Å²) in [6.45, 7) is 4.07. The van der Waals surface area contributed by atoms with Gasteiger partial charge in [0.1, 0.15) is 6.61 Å². The molecule has 1 aromatic carbocycles. The van der Waals surface area contributed by atoms with Crippen LogP contribution in [-0.4, -0.2) is 38.6 Å². The number of rotatable bonds is 5. The Morgan fingerprint density at radius 2 is 2.00 bits per heavy atom. The SMILES string of the molecule is CC(C)C(Sc1nnc(C2COc3ccccc3O2)n1C)C(=O)NC(N)=O. The average molecular weight is 391 g/mol. The van der Waals surface area contributed by atoms with Crippen molar-refractivity contribution in [3.63, 3.8) is 0 Å². The molecule has 27 heavy (non-hydrogen) atoms. The van der Waals surface area contributed by atoms with E-state index in [0.717, 1.165) is 0 Å². The van der Waals surface area contributed by atoms with Gasteiger partial charge in [-0.3, -0.25) is 10.1 Å². The lowest BCUT2D eigenvalue weighted by molar-refractivity contribution is -0.120. The second-order valence-corrected chi connectivity index (χ2v) is 7.51. The molecule has 2 unspecified atom stereocenters. The number of benzene rings is 1. The molecule has 144 valence electrons. The number of nitrogens with zero attached hydrogens (tertiary/aromatic N) is 3. The van der Waals surface area contributed by atoms with Gasteiger partial charge >= 0.3 is 6.03 Å². The number of ether oxygens (including phenoxy) is 2. The van der Waals surface area contributed by atoms with E-state index in [1.54, 1.807) is 11.6 Å². The van der Waals surface area contributed by atoms with Crippen LogP contribution in [0.15, 0.2) is 29.4 Å². The second-order valence-electron chi connectivity index (χ2n) is 6.40. The number of para-hydroxylation sites is 2. The standard InChI is InChI=1S/C17H21N5O4S/c1-9(2)13(15(23)19-16(18)24)27-17-21-20-14(22(17)3)12-8-25-10-6-4-5-7-11(10)26-12/h4-7,9,12-13H,8H2,1-3H3,(H3,18,19,23,24). The third-order valence-electron chi connectivity index (χ3n) is 4.01. The van der Waals surface area contributed by atoms with Crippen molar-refractivity contribution < 1.29 is 19.1 Å². The van der Waals surface area contributed by atoms with Gasteiger partial charge in [-0.2, -0.15) is 0 Å². The summed E-state index contributed by atoms with van der Waals surface area (Å²) in [5.41, 5.74) is 5.05. The van der Waals surface area contributed by atoms with Crippen molar-refractivity contribution in [1.82, 2.24) is 20.1 Å². The first kappa shape index (κ1) is 19.0. The number of nitrogens with one attached hydrogen (secondary N) is 1. The molecule has 0 fully saturated rings. The van der Waals surface area contributed by atoms with E-state index in [1.807, 2.05) is 38.1 Å². The summed E-state index contributed by atoms with van der Waals surface area (Å²) in [6.07, 6.45) is -0.413. The van der Waals surface area contributed by atoms with E-state index in [-0.39, 0.29) is 5.92 Å². The third-order valence-corrected chi connectivity index (χ3v) is 5.59. The molecule has 9 nitrogen and oxygen atoms in total. The number of fused-ring (bicyclic) bond motifs is 1. The van der Waals surface area contributed by atoms with Gasteiger partial charge in [0.2, 0.25) is 5.91 Å². The molecule has 2 atom stereocenters. The molecule has 1 aliphatic rings. The molecule has 3 N–H and O–H groups in total. The van der Waals surface area contributed by atoms with Crippen molar-refractivity contribution >= 4 is 23.7 Å². The van der Waals surface area contributed by atoms with Crippen LogP contribution in [0.2, 0.25) is 0 Å². The fraction of sp³-hybridized carbons (Fsp3) is 0.412. The normalized spacial score (nSPS) is 16.8. The summed E-state index contributed by atoms with van der Waals surface area (Å²) in [4.78, 5) is 23.2. The second kappa shape index (κ2) is 7.87. The molecule has 0 spiro atoms. The maximum atomic E-state index is 12.2. The minimum Gasteiger partial charge on any atom is -0.485 e. The predicted octanol–water partition coefficient (Wildman–Crippen LogP) is 1.64. The fourth-order valence-corrected chi connectivity index (χ4v) is 3.66. The number of primary amides is 1. The van der Waals surface area contributed by atoms with Crippen molar-refractivity contribution in [1.29, 1.82) is 0 Å². The average Bonchev–Trinajstić information content (AvgIpc) is 2.98. The zero-order valence-electron chi connectivity index (χ0n) is 15.2. The van der Waals surface area contributed by atoms with Gasteiger partial charge in [0, 0.05) is 7.05 Å². The van der Waals surface area contributed by atoms with E-state index >= 15 is 0 Å². The summed E-state index contributed by atoms with van der Waals surface area (Å²) in [6, 6.07) is 6.54. The molecular weight excluding hydrogens is 370 g/mol. The summed E-state index contributed by atoms with van der Waals surface area (Å²) < 4.78 is 13.5. The Morgan fingerprint density at radius 3 is 2.67 bits per heavy atom. The molecule has 10 heteroatoms. The minimum absolute atomic E-state index is 0.0457. The summed E-state index contributed by atoms with van der Waals surface area (Å²) in [5.74, 6) is 1.42. The largest absolute Gasteiger partial charge is 0.485 e. The van der Waals surface area contributed by atoms with Crippen molar-refractivity contribution in [3.05, 3.63) is 30.1 Å². The lowest BCUT2D eigenvalue weighted by Gasteiger charge is -2.25. The van der Waals surface area contributed by atoms with E-state index in [0.29, 0.717) is 29.1 Å². The van der Waals surface area contributed by atoms with E-state index in [2.05, 4.69) is 15.5 Å². The lowest BCUT2D eigenvalue weighted by atomic mass is 10.1.